The van der Waals surface area contributed by atoms with E-state index in [1.807, 2.05) is 22.9 Å². The van der Waals surface area contributed by atoms with E-state index in [-0.39, 0.29) is 0 Å². The summed E-state index contributed by atoms with van der Waals surface area (Å²) in [5.41, 5.74) is 6.68. The van der Waals surface area contributed by atoms with Crippen LogP contribution in [0.2, 0.25) is 0 Å². The molecule has 14 heavy (non-hydrogen) atoms. The van der Waals surface area contributed by atoms with Crippen molar-refractivity contribution >= 4 is 0 Å². The third kappa shape index (κ3) is 1.65. The van der Waals surface area contributed by atoms with Gasteiger partial charge in [0.05, 0.1) is 0 Å². The van der Waals surface area contributed by atoms with Crippen molar-refractivity contribution in [1.82, 2.24) is 14.5 Å². The molecule has 2 heterocycles. The van der Waals surface area contributed by atoms with Gasteiger partial charge in [0, 0.05) is 18.6 Å². The topological polar surface area (TPSA) is 56.7 Å². The molecular weight excluding hydrogens is 176 g/mol. The lowest BCUT2D eigenvalue weighted by Crippen LogP contribution is -2.07. The van der Waals surface area contributed by atoms with Crippen LogP contribution in [0.4, 0.5) is 0 Å². The largest absolute Gasteiger partial charge is 0.330 e. The molecule has 2 rings (SSSR count). The van der Waals surface area contributed by atoms with Crippen molar-refractivity contribution in [2.24, 2.45) is 5.73 Å². The molecule has 0 spiro atoms. The van der Waals surface area contributed by atoms with E-state index in [1.54, 1.807) is 18.7 Å². The Bertz CT molecular complexity index is 394. The van der Waals surface area contributed by atoms with Crippen LogP contribution >= 0.6 is 0 Å². The molecule has 0 bridgehead atoms. The van der Waals surface area contributed by atoms with Gasteiger partial charge in [0.25, 0.3) is 0 Å². The summed E-state index contributed by atoms with van der Waals surface area (Å²) >= 11 is 0. The number of rotatable bonds is 3. The summed E-state index contributed by atoms with van der Waals surface area (Å²) in [4.78, 5) is 8.30. The first-order valence-corrected chi connectivity index (χ1v) is 4.54. The van der Waals surface area contributed by atoms with E-state index in [9.17, 15) is 0 Å². The predicted octanol–water partition coefficient (Wildman–Crippen LogP) is 0.768. The molecule has 4 nitrogen and oxygen atoms in total. The Hall–Kier alpha value is -1.68. The first kappa shape index (κ1) is 8.90. The van der Waals surface area contributed by atoms with Crippen molar-refractivity contribution in [2.75, 3.05) is 6.54 Å². The van der Waals surface area contributed by atoms with Crippen molar-refractivity contribution in [3.63, 3.8) is 0 Å². The third-order valence-electron chi connectivity index (χ3n) is 2.03. The standard InChI is InChI=1S/C10H12N4/c11-4-3-9-2-1-5-13-10(9)14-7-6-12-8-14/h1-2,5-8H,3-4,11H2. The summed E-state index contributed by atoms with van der Waals surface area (Å²) in [7, 11) is 0. The summed E-state index contributed by atoms with van der Waals surface area (Å²) < 4.78 is 1.89. The van der Waals surface area contributed by atoms with Gasteiger partial charge in [-0.25, -0.2) is 9.97 Å². The number of nitrogens with two attached hydrogens (primary N) is 1. The van der Waals surface area contributed by atoms with Crippen molar-refractivity contribution in [1.29, 1.82) is 0 Å². The molecule has 0 atom stereocenters. The lowest BCUT2D eigenvalue weighted by atomic mass is 10.2. The molecule has 0 amide bonds. The van der Waals surface area contributed by atoms with E-state index in [1.165, 1.54) is 0 Å². The fourth-order valence-corrected chi connectivity index (χ4v) is 1.40. The van der Waals surface area contributed by atoms with Crippen LogP contribution in [0.5, 0.6) is 0 Å². The van der Waals surface area contributed by atoms with Gasteiger partial charge in [0.2, 0.25) is 0 Å². The van der Waals surface area contributed by atoms with E-state index in [4.69, 9.17) is 5.73 Å². The third-order valence-corrected chi connectivity index (χ3v) is 2.03. The van der Waals surface area contributed by atoms with E-state index in [0.29, 0.717) is 6.54 Å². The van der Waals surface area contributed by atoms with Crippen LogP contribution in [0, 0.1) is 0 Å². The van der Waals surface area contributed by atoms with Gasteiger partial charge in [0.1, 0.15) is 12.1 Å². The highest BCUT2D eigenvalue weighted by Crippen LogP contribution is 2.10. The lowest BCUT2D eigenvalue weighted by molar-refractivity contribution is 0.904. The Morgan fingerprint density at radius 1 is 1.36 bits per heavy atom. The molecular formula is C10H12N4. The number of hydrogen-bond donors (Lipinski definition) is 1. The van der Waals surface area contributed by atoms with E-state index in [0.717, 1.165) is 17.8 Å². The second-order valence-electron chi connectivity index (χ2n) is 2.99. The molecule has 2 N–H and O–H groups in total. The quantitative estimate of drug-likeness (QED) is 0.774. The van der Waals surface area contributed by atoms with Crippen LogP contribution in [0.25, 0.3) is 5.82 Å². The molecule has 0 saturated heterocycles. The second kappa shape index (κ2) is 4.02. The van der Waals surface area contributed by atoms with Gasteiger partial charge in [-0.1, -0.05) is 6.07 Å². The van der Waals surface area contributed by atoms with E-state index in [2.05, 4.69) is 9.97 Å². The zero-order valence-electron chi connectivity index (χ0n) is 7.80. The lowest BCUT2D eigenvalue weighted by Gasteiger charge is -2.06. The first-order valence-electron chi connectivity index (χ1n) is 4.54. The highest BCUT2D eigenvalue weighted by atomic mass is 15.1. The van der Waals surface area contributed by atoms with Crippen molar-refractivity contribution in [2.45, 2.75) is 6.42 Å². The molecule has 0 aliphatic heterocycles. The number of hydrogen-bond acceptors (Lipinski definition) is 3. The van der Waals surface area contributed by atoms with Gasteiger partial charge in [-0.15, -0.1) is 0 Å². The van der Waals surface area contributed by atoms with Crippen molar-refractivity contribution in [3.8, 4) is 5.82 Å². The van der Waals surface area contributed by atoms with Crippen molar-refractivity contribution < 1.29 is 0 Å². The molecule has 72 valence electrons. The van der Waals surface area contributed by atoms with Crippen LogP contribution in [0.3, 0.4) is 0 Å². The molecule has 0 aliphatic carbocycles. The van der Waals surface area contributed by atoms with Gasteiger partial charge >= 0.3 is 0 Å². The first-order chi connectivity index (χ1) is 6.92. The smallest absolute Gasteiger partial charge is 0.141 e. The minimum absolute atomic E-state index is 0.632. The average Bonchev–Trinajstić information content (AvgIpc) is 2.72. The Kier molecular flexibility index (Phi) is 2.55. The fourth-order valence-electron chi connectivity index (χ4n) is 1.40. The molecule has 4 heteroatoms. The normalized spacial score (nSPS) is 10.4. The minimum atomic E-state index is 0.632. The van der Waals surface area contributed by atoms with Crippen LogP contribution < -0.4 is 5.73 Å². The summed E-state index contributed by atoms with van der Waals surface area (Å²) in [6.45, 7) is 0.632. The van der Waals surface area contributed by atoms with Gasteiger partial charge in [-0.05, 0) is 24.6 Å². The fraction of sp³-hybridized carbons (Fsp3) is 0.200. The predicted molar refractivity (Wildman–Crippen MR) is 54.1 cm³/mol. The number of aromatic nitrogens is 3. The summed E-state index contributed by atoms with van der Waals surface area (Å²) in [6.07, 6.45) is 7.96. The van der Waals surface area contributed by atoms with Crippen LogP contribution in [-0.2, 0) is 6.42 Å². The molecule has 0 radical (unpaired) electrons. The maximum absolute atomic E-state index is 5.53. The molecule has 2 aromatic heterocycles. The number of nitrogens with zero attached hydrogens (tertiary/aromatic N) is 3. The monoisotopic (exact) mass is 188 g/mol. The molecule has 0 unspecified atom stereocenters. The SMILES string of the molecule is NCCc1cccnc1-n1ccnc1. The maximum Gasteiger partial charge on any atom is 0.141 e. The Morgan fingerprint density at radius 3 is 3.00 bits per heavy atom. The van der Waals surface area contributed by atoms with E-state index < -0.39 is 0 Å². The molecule has 2 aromatic rings. The Morgan fingerprint density at radius 2 is 2.29 bits per heavy atom. The maximum atomic E-state index is 5.53. The highest BCUT2D eigenvalue weighted by Gasteiger charge is 2.03. The van der Waals surface area contributed by atoms with Crippen LogP contribution in [0.1, 0.15) is 5.56 Å². The molecule has 0 aromatic carbocycles. The van der Waals surface area contributed by atoms with Gasteiger partial charge in [-0.2, -0.15) is 0 Å². The van der Waals surface area contributed by atoms with Crippen LogP contribution in [-0.4, -0.2) is 21.1 Å². The zero-order chi connectivity index (χ0) is 9.80. The number of pyridine rings is 1. The molecule has 0 aliphatic rings. The summed E-state index contributed by atoms with van der Waals surface area (Å²) in [6, 6.07) is 3.96. The van der Waals surface area contributed by atoms with Gasteiger partial charge in [0.15, 0.2) is 0 Å². The van der Waals surface area contributed by atoms with E-state index >= 15 is 0 Å². The average molecular weight is 188 g/mol. The second-order valence-corrected chi connectivity index (χ2v) is 2.99. The van der Waals surface area contributed by atoms with Crippen LogP contribution in [0.15, 0.2) is 37.1 Å². The van der Waals surface area contributed by atoms with Gasteiger partial charge < -0.3 is 5.73 Å². The minimum Gasteiger partial charge on any atom is -0.330 e. The van der Waals surface area contributed by atoms with Gasteiger partial charge in [-0.3, -0.25) is 4.57 Å². The summed E-state index contributed by atoms with van der Waals surface area (Å²) in [5, 5.41) is 0. The molecule has 0 saturated carbocycles. The molecule has 0 fully saturated rings. The van der Waals surface area contributed by atoms with Crippen molar-refractivity contribution in [3.05, 3.63) is 42.6 Å². The number of imidazole rings is 1. The Labute approximate surface area is 82.4 Å². The zero-order valence-corrected chi connectivity index (χ0v) is 7.80. The Balaban J connectivity index is 2.42. The highest BCUT2D eigenvalue weighted by molar-refractivity contribution is 5.33. The summed E-state index contributed by atoms with van der Waals surface area (Å²) in [5.74, 6) is 0.912.